The Morgan fingerprint density at radius 1 is 1.56 bits per heavy atom. The molecule has 0 saturated carbocycles. The fourth-order valence-electron chi connectivity index (χ4n) is 2.13. The van der Waals surface area contributed by atoms with Crippen LogP contribution in [-0.2, 0) is 9.53 Å². The number of nitrogens with one attached hydrogen (secondary N) is 1. The lowest BCUT2D eigenvalue weighted by molar-refractivity contribution is -0.151. The van der Waals surface area contributed by atoms with Crippen molar-refractivity contribution in [1.82, 2.24) is 5.32 Å². The number of hydrogen-bond donors (Lipinski definition) is 1. The molecule has 94 valence electrons. The molecule has 0 aromatic rings. The first-order chi connectivity index (χ1) is 7.44. The SMILES string of the molecule is CCC(C)(C)CC(C)OC(=O)C1CCCN1. The molecule has 1 aliphatic rings. The second-order valence-corrected chi connectivity index (χ2v) is 5.62. The molecule has 1 heterocycles. The maximum atomic E-state index is 11.7. The second-order valence-electron chi connectivity index (χ2n) is 5.62. The number of ether oxygens (including phenoxy) is 1. The molecule has 16 heavy (non-hydrogen) atoms. The van der Waals surface area contributed by atoms with E-state index >= 15 is 0 Å². The van der Waals surface area contributed by atoms with Gasteiger partial charge >= 0.3 is 5.97 Å². The summed E-state index contributed by atoms with van der Waals surface area (Å²) in [6.07, 6.45) is 4.06. The Kier molecular flexibility index (Phi) is 4.78. The van der Waals surface area contributed by atoms with E-state index in [1.54, 1.807) is 0 Å². The summed E-state index contributed by atoms with van der Waals surface area (Å²) in [6, 6.07) is -0.0628. The van der Waals surface area contributed by atoms with Gasteiger partial charge in [-0.1, -0.05) is 27.2 Å². The molecule has 1 aliphatic heterocycles. The van der Waals surface area contributed by atoms with E-state index in [1.165, 1.54) is 0 Å². The minimum atomic E-state index is -0.0723. The van der Waals surface area contributed by atoms with Crippen LogP contribution in [0.25, 0.3) is 0 Å². The van der Waals surface area contributed by atoms with Gasteiger partial charge in [-0.25, -0.2) is 0 Å². The van der Waals surface area contributed by atoms with E-state index in [2.05, 4.69) is 26.1 Å². The van der Waals surface area contributed by atoms with Crippen molar-refractivity contribution in [2.75, 3.05) is 6.54 Å². The van der Waals surface area contributed by atoms with Gasteiger partial charge in [0.05, 0.1) is 6.10 Å². The Labute approximate surface area is 98.9 Å². The Bertz CT molecular complexity index is 232. The maximum Gasteiger partial charge on any atom is 0.323 e. The highest BCUT2D eigenvalue weighted by Crippen LogP contribution is 2.27. The van der Waals surface area contributed by atoms with Gasteiger partial charge in [0.1, 0.15) is 6.04 Å². The maximum absolute atomic E-state index is 11.7. The second kappa shape index (κ2) is 5.67. The van der Waals surface area contributed by atoms with Crippen LogP contribution in [0.3, 0.4) is 0 Å². The Hall–Kier alpha value is -0.570. The van der Waals surface area contributed by atoms with Crippen molar-refractivity contribution in [3.63, 3.8) is 0 Å². The van der Waals surface area contributed by atoms with Crippen LogP contribution < -0.4 is 5.32 Å². The topological polar surface area (TPSA) is 38.3 Å². The van der Waals surface area contributed by atoms with Gasteiger partial charge in [-0.3, -0.25) is 4.79 Å². The van der Waals surface area contributed by atoms with E-state index in [9.17, 15) is 4.79 Å². The minimum absolute atomic E-state index is 0.0184. The molecule has 3 heteroatoms. The van der Waals surface area contributed by atoms with Crippen molar-refractivity contribution in [3.8, 4) is 0 Å². The van der Waals surface area contributed by atoms with Crippen molar-refractivity contribution in [3.05, 3.63) is 0 Å². The number of esters is 1. The number of rotatable bonds is 5. The van der Waals surface area contributed by atoms with Crippen LogP contribution in [0.15, 0.2) is 0 Å². The van der Waals surface area contributed by atoms with Crippen LogP contribution in [0.1, 0.15) is 53.4 Å². The number of carbonyl (C=O) groups excluding carboxylic acids is 1. The molecular weight excluding hydrogens is 202 g/mol. The van der Waals surface area contributed by atoms with Crippen molar-refractivity contribution >= 4 is 5.97 Å². The van der Waals surface area contributed by atoms with Crippen molar-refractivity contribution in [2.24, 2.45) is 5.41 Å². The smallest absolute Gasteiger partial charge is 0.323 e. The molecule has 2 atom stereocenters. The minimum Gasteiger partial charge on any atom is -0.461 e. The van der Waals surface area contributed by atoms with Gasteiger partial charge in [-0.05, 0) is 38.1 Å². The average Bonchev–Trinajstić information content (AvgIpc) is 2.69. The summed E-state index contributed by atoms with van der Waals surface area (Å²) in [5.74, 6) is -0.0723. The van der Waals surface area contributed by atoms with E-state index in [1.807, 2.05) is 6.92 Å². The lowest BCUT2D eigenvalue weighted by atomic mass is 9.84. The average molecular weight is 227 g/mol. The van der Waals surface area contributed by atoms with Gasteiger partial charge in [0.15, 0.2) is 0 Å². The Morgan fingerprint density at radius 2 is 2.25 bits per heavy atom. The fraction of sp³-hybridized carbons (Fsp3) is 0.923. The molecule has 2 unspecified atom stereocenters. The molecule has 0 aromatic carbocycles. The molecule has 1 rings (SSSR count). The van der Waals surface area contributed by atoms with E-state index in [-0.39, 0.29) is 23.5 Å². The predicted octanol–water partition coefficient (Wildman–Crippen LogP) is 2.50. The first kappa shape index (κ1) is 13.5. The van der Waals surface area contributed by atoms with E-state index in [0.29, 0.717) is 0 Å². The lowest BCUT2D eigenvalue weighted by Gasteiger charge is -2.27. The van der Waals surface area contributed by atoms with Gasteiger partial charge in [0.2, 0.25) is 0 Å². The first-order valence-corrected chi connectivity index (χ1v) is 6.38. The zero-order valence-corrected chi connectivity index (χ0v) is 11.0. The highest BCUT2D eigenvalue weighted by Gasteiger charge is 2.27. The summed E-state index contributed by atoms with van der Waals surface area (Å²) in [4.78, 5) is 11.7. The Morgan fingerprint density at radius 3 is 2.75 bits per heavy atom. The summed E-state index contributed by atoms with van der Waals surface area (Å²) >= 11 is 0. The predicted molar refractivity (Wildman–Crippen MR) is 65.3 cm³/mol. The van der Waals surface area contributed by atoms with Gasteiger partial charge in [-0.2, -0.15) is 0 Å². The third-order valence-corrected chi connectivity index (χ3v) is 3.46. The molecular formula is C13H25NO2. The third kappa shape index (κ3) is 4.12. The lowest BCUT2D eigenvalue weighted by Crippen LogP contribution is -2.35. The van der Waals surface area contributed by atoms with Gasteiger partial charge in [0.25, 0.3) is 0 Å². The standard InChI is InChI=1S/C13H25NO2/c1-5-13(3,4)9-10(2)16-12(15)11-7-6-8-14-11/h10-11,14H,5-9H2,1-4H3. The van der Waals surface area contributed by atoms with Gasteiger partial charge in [0, 0.05) is 0 Å². The van der Waals surface area contributed by atoms with Gasteiger partial charge in [-0.15, -0.1) is 0 Å². The molecule has 0 radical (unpaired) electrons. The molecule has 0 amide bonds. The van der Waals surface area contributed by atoms with Crippen LogP contribution in [-0.4, -0.2) is 24.7 Å². The fourth-order valence-corrected chi connectivity index (χ4v) is 2.13. The molecule has 0 aliphatic carbocycles. The van der Waals surface area contributed by atoms with E-state index < -0.39 is 0 Å². The summed E-state index contributed by atoms with van der Waals surface area (Å²) in [5, 5.41) is 3.16. The monoisotopic (exact) mass is 227 g/mol. The van der Waals surface area contributed by atoms with Crippen LogP contribution >= 0.6 is 0 Å². The highest BCUT2D eigenvalue weighted by molar-refractivity contribution is 5.76. The van der Waals surface area contributed by atoms with E-state index in [0.717, 1.165) is 32.2 Å². The summed E-state index contributed by atoms with van der Waals surface area (Å²) < 4.78 is 5.47. The highest BCUT2D eigenvalue weighted by atomic mass is 16.5. The molecule has 1 fully saturated rings. The largest absolute Gasteiger partial charge is 0.461 e. The van der Waals surface area contributed by atoms with Crippen molar-refractivity contribution < 1.29 is 9.53 Å². The van der Waals surface area contributed by atoms with Crippen LogP contribution in [0.4, 0.5) is 0 Å². The number of carbonyl (C=O) groups is 1. The molecule has 0 bridgehead atoms. The first-order valence-electron chi connectivity index (χ1n) is 6.38. The number of hydrogen-bond acceptors (Lipinski definition) is 3. The molecule has 0 spiro atoms. The normalized spacial score (nSPS) is 23.1. The molecule has 0 aromatic heterocycles. The van der Waals surface area contributed by atoms with Crippen LogP contribution in [0, 0.1) is 5.41 Å². The van der Waals surface area contributed by atoms with Crippen molar-refractivity contribution in [2.45, 2.75) is 65.5 Å². The zero-order valence-electron chi connectivity index (χ0n) is 11.0. The summed E-state index contributed by atoms with van der Waals surface area (Å²) in [7, 11) is 0. The quantitative estimate of drug-likeness (QED) is 0.733. The molecule has 1 N–H and O–H groups in total. The Balaban J connectivity index is 2.33. The third-order valence-electron chi connectivity index (χ3n) is 3.46. The van der Waals surface area contributed by atoms with Crippen LogP contribution in [0.2, 0.25) is 0 Å². The van der Waals surface area contributed by atoms with Gasteiger partial charge < -0.3 is 10.1 Å². The summed E-state index contributed by atoms with van der Waals surface area (Å²) in [5.41, 5.74) is 0.253. The van der Waals surface area contributed by atoms with Crippen LogP contribution in [0.5, 0.6) is 0 Å². The molecule has 3 nitrogen and oxygen atoms in total. The summed E-state index contributed by atoms with van der Waals surface area (Å²) in [6.45, 7) is 9.53. The molecule has 1 saturated heterocycles. The van der Waals surface area contributed by atoms with E-state index in [4.69, 9.17) is 4.74 Å². The zero-order chi connectivity index (χ0) is 12.2. The van der Waals surface area contributed by atoms with Crippen molar-refractivity contribution in [1.29, 1.82) is 0 Å².